The van der Waals surface area contributed by atoms with E-state index >= 15 is 0 Å². The highest BCUT2D eigenvalue weighted by molar-refractivity contribution is 7.99. The van der Waals surface area contributed by atoms with Gasteiger partial charge < -0.3 is 5.32 Å². The molecule has 1 heterocycles. The molecule has 0 amide bonds. The maximum Gasteiger partial charge on any atom is 0.192 e. The van der Waals surface area contributed by atoms with Gasteiger partial charge >= 0.3 is 0 Å². The van der Waals surface area contributed by atoms with E-state index < -0.39 is 0 Å². The molecule has 0 aliphatic carbocycles. The Labute approximate surface area is 106 Å². The second kappa shape index (κ2) is 6.37. The molecule has 2 aromatic rings. The predicted octanol–water partition coefficient (Wildman–Crippen LogP) is 2.74. The smallest absolute Gasteiger partial charge is 0.192 e. The van der Waals surface area contributed by atoms with E-state index in [1.165, 1.54) is 0 Å². The van der Waals surface area contributed by atoms with Crippen molar-refractivity contribution in [3.63, 3.8) is 0 Å². The van der Waals surface area contributed by atoms with Crippen LogP contribution in [0.3, 0.4) is 0 Å². The summed E-state index contributed by atoms with van der Waals surface area (Å²) in [5, 5.41) is 4.04. The van der Waals surface area contributed by atoms with E-state index in [4.69, 9.17) is 0 Å². The largest absolute Gasteiger partial charge is 0.313 e. The Hall–Kier alpha value is -1.39. The second-order valence-corrected chi connectivity index (χ2v) is 4.61. The third-order valence-corrected chi connectivity index (χ3v) is 3.11. The molecule has 1 aromatic heterocycles. The summed E-state index contributed by atoms with van der Waals surface area (Å²) in [4.78, 5) is 9.84. The lowest BCUT2D eigenvalue weighted by atomic mass is 10.3. The van der Waals surface area contributed by atoms with Crippen LogP contribution in [0.15, 0.2) is 52.8 Å². The summed E-state index contributed by atoms with van der Waals surface area (Å²) in [7, 11) is 0. The Balaban J connectivity index is 1.98. The van der Waals surface area contributed by atoms with E-state index in [-0.39, 0.29) is 0 Å². The van der Waals surface area contributed by atoms with Crippen molar-refractivity contribution >= 4 is 11.8 Å². The van der Waals surface area contributed by atoms with Crippen LogP contribution >= 0.6 is 11.8 Å². The van der Waals surface area contributed by atoms with Crippen LogP contribution in [0.4, 0.5) is 0 Å². The number of nitrogens with one attached hydrogen (secondary N) is 1. The fourth-order valence-corrected chi connectivity index (χ4v) is 2.07. The van der Waals surface area contributed by atoms with Crippen molar-refractivity contribution in [2.45, 2.75) is 23.5 Å². The molecule has 0 aliphatic rings. The minimum atomic E-state index is 0.788. The van der Waals surface area contributed by atoms with Gasteiger partial charge in [0.05, 0.1) is 0 Å². The number of aromatic nitrogens is 2. The highest BCUT2D eigenvalue weighted by Crippen LogP contribution is 2.23. The first-order valence-corrected chi connectivity index (χ1v) is 6.44. The van der Waals surface area contributed by atoms with Gasteiger partial charge in [0.2, 0.25) is 0 Å². The molecule has 0 spiro atoms. The van der Waals surface area contributed by atoms with E-state index in [0.29, 0.717) is 0 Å². The van der Waals surface area contributed by atoms with Gasteiger partial charge in [0, 0.05) is 29.4 Å². The molecule has 0 saturated carbocycles. The zero-order valence-electron chi connectivity index (χ0n) is 9.76. The van der Waals surface area contributed by atoms with Gasteiger partial charge in [-0.3, -0.25) is 0 Å². The fraction of sp³-hybridized carbons (Fsp3) is 0.231. The average Bonchev–Trinajstić information content (AvgIpc) is 2.39. The maximum absolute atomic E-state index is 4.34. The number of rotatable bonds is 5. The van der Waals surface area contributed by atoms with Crippen LogP contribution in [0.2, 0.25) is 0 Å². The second-order valence-electron chi connectivity index (χ2n) is 3.57. The first-order valence-electron chi connectivity index (χ1n) is 5.63. The number of hydrogen-bond acceptors (Lipinski definition) is 4. The van der Waals surface area contributed by atoms with Crippen molar-refractivity contribution in [2.75, 3.05) is 6.54 Å². The van der Waals surface area contributed by atoms with Gasteiger partial charge in [-0.25, -0.2) is 9.97 Å². The molecule has 1 aromatic carbocycles. The molecule has 0 radical (unpaired) electrons. The van der Waals surface area contributed by atoms with Crippen LogP contribution in [0.1, 0.15) is 12.5 Å². The van der Waals surface area contributed by atoms with E-state index in [1.807, 2.05) is 30.6 Å². The van der Waals surface area contributed by atoms with Gasteiger partial charge in [-0.1, -0.05) is 25.1 Å². The SMILES string of the molecule is CCNCc1cnc(Sc2ccccc2)nc1. The Morgan fingerprint density at radius 3 is 2.47 bits per heavy atom. The van der Waals surface area contributed by atoms with Crippen molar-refractivity contribution in [1.29, 1.82) is 0 Å². The monoisotopic (exact) mass is 245 g/mol. The van der Waals surface area contributed by atoms with Gasteiger partial charge in [0.15, 0.2) is 5.16 Å². The molecule has 0 bridgehead atoms. The lowest BCUT2D eigenvalue weighted by Gasteiger charge is -2.02. The third kappa shape index (κ3) is 3.84. The third-order valence-electron chi connectivity index (χ3n) is 2.21. The topological polar surface area (TPSA) is 37.8 Å². The van der Waals surface area contributed by atoms with Crippen molar-refractivity contribution < 1.29 is 0 Å². The molecule has 0 unspecified atom stereocenters. The molecule has 1 N–H and O–H groups in total. The van der Waals surface area contributed by atoms with E-state index in [2.05, 4.69) is 34.3 Å². The molecule has 88 valence electrons. The molecular weight excluding hydrogens is 230 g/mol. The average molecular weight is 245 g/mol. The van der Waals surface area contributed by atoms with Gasteiger partial charge in [-0.2, -0.15) is 0 Å². The Morgan fingerprint density at radius 1 is 1.12 bits per heavy atom. The molecule has 0 aliphatic heterocycles. The lowest BCUT2D eigenvalue weighted by molar-refractivity contribution is 0.716. The Kier molecular flexibility index (Phi) is 4.53. The predicted molar refractivity (Wildman–Crippen MR) is 70.0 cm³/mol. The maximum atomic E-state index is 4.34. The summed E-state index contributed by atoms with van der Waals surface area (Å²) in [6.07, 6.45) is 3.75. The van der Waals surface area contributed by atoms with Crippen molar-refractivity contribution in [1.82, 2.24) is 15.3 Å². The summed E-state index contributed by atoms with van der Waals surface area (Å²) in [6.45, 7) is 3.87. The molecule has 0 atom stereocenters. The van der Waals surface area contributed by atoms with Crippen LogP contribution in [-0.2, 0) is 6.54 Å². The van der Waals surface area contributed by atoms with Crippen LogP contribution in [0, 0.1) is 0 Å². The van der Waals surface area contributed by atoms with E-state index in [0.717, 1.165) is 28.7 Å². The van der Waals surface area contributed by atoms with Crippen molar-refractivity contribution in [3.8, 4) is 0 Å². The quantitative estimate of drug-likeness (QED) is 0.822. The highest BCUT2D eigenvalue weighted by atomic mass is 32.2. The number of benzene rings is 1. The van der Waals surface area contributed by atoms with Crippen molar-refractivity contribution in [2.24, 2.45) is 0 Å². The highest BCUT2D eigenvalue weighted by Gasteiger charge is 2.00. The summed E-state index contributed by atoms with van der Waals surface area (Å²) in [6, 6.07) is 10.1. The van der Waals surface area contributed by atoms with Gasteiger partial charge in [-0.15, -0.1) is 0 Å². The van der Waals surface area contributed by atoms with Gasteiger partial charge in [0.25, 0.3) is 0 Å². The number of nitrogens with zero attached hydrogens (tertiary/aromatic N) is 2. The van der Waals surface area contributed by atoms with Gasteiger partial charge in [-0.05, 0) is 30.4 Å². The molecule has 4 heteroatoms. The first-order chi connectivity index (χ1) is 8.38. The molecule has 2 rings (SSSR count). The van der Waals surface area contributed by atoms with Crippen LogP contribution in [0.5, 0.6) is 0 Å². The van der Waals surface area contributed by atoms with Crippen molar-refractivity contribution in [3.05, 3.63) is 48.3 Å². The fourth-order valence-electron chi connectivity index (χ4n) is 1.35. The normalized spacial score (nSPS) is 10.4. The minimum Gasteiger partial charge on any atom is -0.313 e. The summed E-state index contributed by atoms with van der Waals surface area (Å²) in [5.74, 6) is 0. The Bertz CT molecular complexity index is 442. The summed E-state index contributed by atoms with van der Waals surface area (Å²) >= 11 is 1.58. The first kappa shape index (κ1) is 12.1. The van der Waals surface area contributed by atoms with Crippen LogP contribution < -0.4 is 5.32 Å². The zero-order valence-corrected chi connectivity index (χ0v) is 10.6. The summed E-state index contributed by atoms with van der Waals surface area (Å²) < 4.78 is 0. The van der Waals surface area contributed by atoms with Crippen LogP contribution in [0.25, 0.3) is 0 Å². The van der Waals surface area contributed by atoms with E-state index in [1.54, 1.807) is 11.8 Å². The molecule has 3 nitrogen and oxygen atoms in total. The number of hydrogen-bond donors (Lipinski definition) is 1. The van der Waals surface area contributed by atoms with Gasteiger partial charge in [0.1, 0.15) is 0 Å². The molecule has 0 fully saturated rings. The Morgan fingerprint density at radius 2 is 1.82 bits per heavy atom. The molecule has 17 heavy (non-hydrogen) atoms. The minimum absolute atomic E-state index is 0.788. The zero-order chi connectivity index (χ0) is 11.9. The summed E-state index contributed by atoms with van der Waals surface area (Å²) in [5.41, 5.74) is 1.12. The molecule has 0 saturated heterocycles. The molecular formula is C13H15N3S. The lowest BCUT2D eigenvalue weighted by Crippen LogP contribution is -2.12. The van der Waals surface area contributed by atoms with E-state index in [9.17, 15) is 0 Å². The standard InChI is InChI=1S/C13H15N3S/c1-2-14-8-11-9-15-13(16-10-11)17-12-6-4-3-5-7-12/h3-7,9-10,14H,2,8H2,1H3. The van der Waals surface area contributed by atoms with Crippen LogP contribution in [-0.4, -0.2) is 16.5 Å².